The van der Waals surface area contributed by atoms with Crippen molar-refractivity contribution in [2.24, 2.45) is 5.92 Å². The molecule has 19 heavy (non-hydrogen) atoms. The van der Waals surface area contributed by atoms with Crippen LogP contribution in [0, 0.1) is 12.8 Å². The second-order valence-corrected chi connectivity index (χ2v) is 6.55. The summed E-state index contributed by atoms with van der Waals surface area (Å²) in [5.41, 5.74) is 1.27. The Balaban J connectivity index is 1.75. The summed E-state index contributed by atoms with van der Waals surface area (Å²) in [5, 5.41) is 10.4. The van der Waals surface area contributed by atoms with Crippen molar-refractivity contribution in [1.82, 2.24) is 14.8 Å². The van der Waals surface area contributed by atoms with Gasteiger partial charge in [-0.3, -0.25) is 0 Å². The zero-order chi connectivity index (χ0) is 12.8. The Morgan fingerprint density at radius 2 is 2.26 bits per heavy atom. The molecule has 4 nitrogen and oxygen atoms in total. The molecule has 2 aromatic rings. The van der Waals surface area contributed by atoms with Crippen molar-refractivity contribution in [2.45, 2.75) is 38.6 Å². The Morgan fingerprint density at radius 3 is 3.11 bits per heavy atom. The molecule has 2 aromatic heterocycles. The molecule has 0 radical (unpaired) electrons. The minimum Gasteiger partial charge on any atom is -0.354 e. The molecular weight excluding hydrogens is 256 g/mol. The quantitative estimate of drug-likeness (QED) is 0.866. The maximum atomic E-state index is 4.79. The molecule has 0 aromatic carbocycles. The van der Waals surface area contributed by atoms with Crippen LogP contribution >= 0.6 is 11.3 Å². The van der Waals surface area contributed by atoms with Crippen molar-refractivity contribution in [2.75, 3.05) is 11.9 Å². The number of aryl methyl sites for hydroxylation is 1. The molecule has 5 heteroatoms. The first-order valence-electron chi connectivity index (χ1n) is 7.08. The van der Waals surface area contributed by atoms with E-state index in [0.29, 0.717) is 6.04 Å². The van der Waals surface area contributed by atoms with Crippen LogP contribution in [-0.4, -0.2) is 21.3 Å². The summed E-state index contributed by atoms with van der Waals surface area (Å²) in [7, 11) is 0. The highest BCUT2D eigenvalue weighted by Crippen LogP contribution is 2.39. The molecular formula is C14H18N4S. The standard InChI is InChI=1S/C14H18N4S/c1-9-6-7-19-12(9)13-16-14-15-8-10-4-2-3-5-11(10)18(14)17-13/h6-7,10-11H,2-5,8H2,1H3,(H,15,16,17). The molecule has 2 aliphatic rings. The second kappa shape index (κ2) is 4.34. The first-order chi connectivity index (χ1) is 9.33. The lowest BCUT2D eigenvalue weighted by Gasteiger charge is -2.36. The number of hydrogen-bond donors (Lipinski definition) is 1. The van der Waals surface area contributed by atoms with Gasteiger partial charge in [0.05, 0.1) is 10.9 Å². The van der Waals surface area contributed by atoms with Gasteiger partial charge >= 0.3 is 0 Å². The largest absolute Gasteiger partial charge is 0.354 e. The fourth-order valence-electron chi connectivity index (χ4n) is 3.34. The van der Waals surface area contributed by atoms with E-state index in [4.69, 9.17) is 10.1 Å². The zero-order valence-electron chi connectivity index (χ0n) is 11.1. The van der Waals surface area contributed by atoms with Gasteiger partial charge in [0.25, 0.3) is 0 Å². The van der Waals surface area contributed by atoms with E-state index in [-0.39, 0.29) is 0 Å². The molecule has 4 rings (SSSR count). The van der Waals surface area contributed by atoms with Gasteiger partial charge < -0.3 is 5.32 Å². The van der Waals surface area contributed by atoms with Gasteiger partial charge in [0, 0.05) is 6.54 Å². The van der Waals surface area contributed by atoms with Gasteiger partial charge in [-0.2, -0.15) is 4.98 Å². The lowest BCUT2D eigenvalue weighted by molar-refractivity contribution is 0.222. The van der Waals surface area contributed by atoms with Crippen LogP contribution in [0.25, 0.3) is 10.7 Å². The molecule has 1 aliphatic carbocycles. The number of fused-ring (bicyclic) bond motifs is 3. The summed E-state index contributed by atoms with van der Waals surface area (Å²) in [6, 6.07) is 2.70. The molecule has 0 spiro atoms. The molecule has 2 unspecified atom stereocenters. The maximum Gasteiger partial charge on any atom is 0.222 e. The van der Waals surface area contributed by atoms with Crippen molar-refractivity contribution >= 4 is 17.3 Å². The number of nitrogens with zero attached hydrogens (tertiary/aromatic N) is 3. The van der Waals surface area contributed by atoms with Gasteiger partial charge in [-0.05, 0) is 42.7 Å². The number of anilines is 1. The lowest BCUT2D eigenvalue weighted by atomic mass is 9.84. The van der Waals surface area contributed by atoms with E-state index in [1.165, 1.54) is 36.1 Å². The molecule has 2 atom stereocenters. The highest BCUT2D eigenvalue weighted by Gasteiger charge is 2.33. The fourth-order valence-corrected chi connectivity index (χ4v) is 4.20. The summed E-state index contributed by atoms with van der Waals surface area (Å²) >= 11 is 1.73. The first-order valence-corrected chi connectivity index (χ1v) is 7.96. The molecule has 100 valence electrons. The maximum absolute atomic E-state index is 4.79. The summed E-state index contributed by atoms with van der Waals surface area (Å²) < 4.78 is 2.15. The smallest absolute Gasteiger partial charge is 0.222 e. The molecule has 1 saturated carbocycles. The summed E-state index contributed by atoms with van der Waals surface area (Å²) in [6.07, 6.45) is 5.27. The molecule has 0 bridgehead atoms. The fraction of sp³-hybridized carbons (Fsp3) is 0.571. The van der Waals surface area contributed by atoms with Gasteiger partial charge in [-0.1, -0.05) is 12.8 Å². The summed E-state index contributed by atoms with van der Waals surface area (Å²) in [5.74, 6) is 2.59. The summed E-state index contributed by atoms with van der Waals surface area (Å²) in [4.78, 5) is 5.90. The third kappa shape index (κ3) is 1.79. The first kappa shape index (κ1) is 11.5. The Bertz CT molecular complexity index is 600. The lowest BCUT2D eigenvalue weighted by Crippen LogP contribution is -2.35. The third-order valence-electron chi connectivity index (χ3n) is 4.40. The molecule has 0 amide bonds. The SMILES string of the molecule is Cc1ccsc1-c1nc2n(n1)C1CCCCC1CN2. The third-order valence-corrected chi connectivity index (χ3v) is 5.41. The number of rotatable bonds is 1. The van der Waals surface area contributed by atoms with Crippen molar-refractivity contribution in [3.05, 3.63) is 17.0 Å². The normalized spacial score (nSPS) is 25.5. The Labute approximate surface area is 116 Å². The second-order valence-electron chi connectivity index (χ2n) is 5.63. The van der Waals surface area contributed by atoms with Crippen LogP contribution in [-0.2, 0) is 0 Å². The van der Waals surface area contributed by atoms with Crippen LogP contribution in [0.2, 0.25) is 0 Å². The number of hydrogen-bond acceptors (Lipinski definition) is 4. The molecule has 3 heterocycles. The van der Waals surface area contributed by atoms with E-state index in [1.54, 1.807) is 11.3 Å². The van der Waals surface area contributed by atoms with Crippen LogP contribution in [0.1, 0.15) is 37.3 Å². The van der Waals surface area contributed by atoms with Crippen LogP contribution in [0.5, 0.6) is 0 Å². The van der Waals surface area contributed by atoms with Crippen molar-refractivity contribution in [3.63, 3.8) is 0 Å². The number of aromatic nitrogens is 3. The Kier molecular flexibility index (Phi) is 2.62. The molecule has 1 aliphatic heterocycles. The van der Waals surface area contributed by atoms with Crippen molar-refractivity contribution < 1.29 is 0 Å². The van der Waals surface area contributed by atoms with E-state index < -0.39 is 0 Å². The number of thiophene rings is 1. The van der Waals surface area contributed by atoms with Crippen molar-refractivity contribution in [1.29, 1.82) is 0 Å². The van der Waals surface area contributed by atoms with Crippen LogP contribution in [0.3, 0.4) is 0 Å². The van der Waals surface area contributed by atoms with Gasteiger partial charge in [0.15, 0.2) is 5.82 Å². The van der Waals surface area contributed by atoms with E-state index in [2.05, 4.69) is 28.4 Å². The highest BCUT2D eigenvalue weighted by atomic mass is 32.1. The van der Waals surface area contributed by atoms with Gasteiger partial charge in [-0.25, -0.2) is 4.68 Å². The van der Waals surface area contributed by atoms with E-state index in [1.807, 2.05) is 0 Å². The van der Waals surface area contributed by atoms with E-state index in [9.17, 15) is 0 Å². The van der Waals surface area contributed by atoms with Crippen LogP contribution < -0.4 is 5.32 Å². The van der Waals surface area contributed by atoms with Crippen LogP contribution in [0.4, 0.5) is 5.95 Å². The van der Waals surface area contributed by atoms with Crippen molar-refractivity contribution in [3.8, 4) is 10.7 Å². The zero-order valence-corrected chi connectivity index (χ0v) is 11.9. The average Bonchev–Trinajstić information content (AvgIpc) is 3.04. The average molecular weight is 274 g/mol. The minimum absolute atomic E-state index is 0.562. The van der Waals surface area contributed by atoms with E-state index in [0.717, 1.165) is 24.2 Å². The van der Waals surface area contributed by atoms with Crippen LogP contribution in [0.15, 0.2) is 11.4 Å². The summed E-state index contributed by atoms with van der Waals surface area (Å²) in [6.45, 7) is 3.19. The monoisotopic (exact) mass is 274 g/mol. The highest BCUT2D eigenvalue weighted by molar-refractivity contribution is 7.13. The van der Waals surface area contributed by atoms with Gasteiger partial charge in [0.2, 0.25) is 5.95 Å². The minimum atomic E-state index is 0.562. The predicted molar refractivity (Wildman–Crippen MR) is 77.6 cm³/mol. The Morgan fingerprint density at radius 1 is 1.37 bits per heavy atom. The number of nitrogens with one attached hydrogen (secondary N) is 1. The van der Waals surface area contributed by atoms with E-state index >= 15 is 0 Å². The predicted octanol–water partition coefficient (Wildman–Crippen LogP) is 3.47. The van der Waals surface area contributed by atoms with Gasteiger partial charge in [0.1, 0.15) is 0 Å². The molecule has 1 fully saturated rings. The topological polar surface area (TPSA) is 42.7 Å². The molecule has 0 saturated heterocycles. The van der Waals surface area contributed by atoms with Gasteiger partial charge in [-0.15, -0.1) is 16.4 Å². The molecule has 1 N–H and O–H groups in total. The Hall–Kier alpha value is -1.36.